The quantitative estimate of drug-likeness (QED) is 0.188. The van der Waals surface area contributed by atoms with Crippen LogP contribution in [-0.2, 0) is 0 Å². The first-order valence-electron chi connectivity index (χ1n) is 17.4. The molecule has 0 N–H and O–H groups in total. The van der Waals surface area contributed by atoms with Gasteiger partial charge in [0.25, 0.3) is 0 Å². The van der Waals surface area contributed by atoms with Crippen LogP contribution in [0.2, 0.25) is 0 Å². The first kappa shape index (κ1) is 28.7. The van der Waals surface area contributed by atoms with Crippen molar-refractivity contribution >= 4 is 65.3 Å². The SMILES string of the molecule is c1ccc(-c2nc(-c3ccccc3)nc(-c3cc(-n4c5ccccc5c5cc6ccccc6cc54)c4oc5c6ccccc6ccc5c4c3)n2)cc1. The molecule has 0 spiro atoms. The number of furan rings is 1. The summed E-state index contributed by atoms with van der Waals surface area (Å²) in [5, 5.41) is 9.02. The first-order chi connectivity index (χ1) is 25.8. The topological polar surface area (TPSA) is 56.7 Å². The third-order valence-electron chi connectivity index (χ3n) is 10.2. The van der Waals surface area contributed by atoms with Crippen LogP contribution in [0.5, 0.6) is 0 Å². The van der Waals surface area contributed by atoms with Crippen molar-refractivity contribution in [1.29, 1.82) is 0 Å². The number of aromatic nitrogens is 4. The highest BCUT2D eigenvalue weighted by Gasteiger charge is 2.22. The van der Waals surface area contributed by atoms with Crippen molar-refractivity contribution in [2.75, 3.05) is 0 Å². The Morgan fingerprint density at radius 1 is 0.346 bits per heavy atom. The van der Waals surface area contributed by atoms with E-state index in [4.69, 9.17) is 19.4 Å². The molecule has 0 atom stereocenters. The normalized spacial score (nSPS) is 11.8. The van der Waals surface area contributed by atoms with E-state index in [0.29, 0.717) is 17.5 Å². The lowest BCUT2D eigenvalue weighted by Gasteiger charge is -2.13. The molecule has 0 aliphatic heterocycles. The molecule has 0 fully saturated rings. The van der Waals surface area contributed by atoms with Crippen LogP contribution in [0.3, 0.4) is 0 Å². The maximum absolute atomic E-state index is 7.01. The summed E-state index contributed by atoms with van der Waals surface area (Å²) < 4.78 is 9.36. The third-order valence-corrected chi connectivity index (χ3v) is 10.2. The molecular weight excluding hydrogens is 637 g/mol. The Hall–Kier alpha value is -7.11. The van der Waals surface area contributed by atoms with Crippen molar-refractivity contribution in [3.8, 4) is 39.9 Å². The standard InChI is InChI=1S/C47H28N4O/c1-3-14-30(15-4-1)45-48-46(31-16-5-2-6-17-31)50-47(49-45)34-26-39-37-24-23-29-13-9-10-20-35(29)43(37)52-44(39)42(28-34)51-40-22-12-11-21-36(40)38-25-32-18-7-8-19-33(32)27-41(38)51/h1-28H. The van der Waals surface area contributed by atoms with Crippen LogP contribution in [0.15, 0.2) is 174 Å². The maximum atomic E-state index is 7.01. The lowest BCUT2D eigenvalue weighted by molar-refractivity contribution is 0.670. The fourth-order valence-electron chi connectivity index (χ4n) is 7.74. The predicted molar refractivity (Wildman–Crippen MR) is 213 cm³/mol. The monoisotopic (exact) mass is 664 g/mol. The molecule has 11 aromatic rings. The van der Waals surface area contributed by atoms with E-state index in [0.717, 1.165) is 66.1 Å². The van der Waals surface area contributed by atoms with E-state index in [1.54, 1.807) is 0 Å². The van der Waals surface area contributed by atoms with Gasteiger partial charge in [0.05, 0.1) is 16.7 Å². The molecule has 8 aromatic carbocycles. The highest BCUT2D eigenvalue weighted by atomic mass is 16.3. The number of para-hydroxylation sites is 1. The maximum Gasteiger partial charge on any atom is 0.164 e. The Labute approximate surface area is 298 Å². The van der Waals surface area contributed by atoms with E-state index in [9.17, 15) is 0 Å². The zero-order valence-corrected chi connectivity index (χ0v) is 27.9. The van der Waals surface area contributed by atoms with Crippen LogP contribution < -0.4 is 0 Å². The number of rotatable bonds is 4. The van der Waals surface area contributed by atoms with Gasteiger partial charge in [-0.25, -0.2) is 15.0 Å². The van der Waals surface area contributed by atoms with Gasteiger partial charge >= 0.3 is 0 Å². The van der Waals surface area contributed by atoms with Crippen molar-refractivity contribution in [2.24, 2.45) is 0 Å². The molecule has 0 unspecified atom stereocenters. The van der Waals surface area contributed by atoms with E-state index < -0.39 is 0 Å². The molecule has 0 saturated carbocycles. The second kappa shape index (κ2) is 11.2. The van der Waals surface area contributed by atoms with Gasteiger partial charge in [0.2, 0.25) is 0 Å². The number of nitrogens with zero attached hydrogens (tertiary/aromatic N) is 4. The van der Waals surface area contributed by atoms with Crippen molar-refractivity contribution in [3.05, 3.63) is 170 Å². The Morgan fingerprint density at radius 3 is 1.63 bits per heavy atom. The average Bonchev–Trinajstić information content (AvgIpc) is 3.76. The van der Waals surface area contributed by atoms with E-state index in [-0.39, 0.29) is 0 Å². The highest BCUT2D eigenvalue weighted by molar-refractivity contribution is 6.19. The van der Waals surface area contributed by atoms with Gasteiger partial charge in [-0.3, -0.25) is 0 Å². The molecule has 0 radical (unpaired) electrons. The van der Waals surface area contributed by atoms with Crippen LogP contribution in [0, 0.1) is 0 Å². The van der Waals surface area contributed by atoms with Crippen LogP contribution in [-0.4, -0.2) is 19.5 Å². The van der Waals surface area contributed by atoms with Crippen molar-refractivity contribution in [1.82, 2.24) is 19.5 Å². The van der Waals surface area contributed by atoms with Crippen molar-refractivity contribution in [3.63, 3.8) is 0 Å². The summed E-state index contributed by atoms with van der Waals surface area (Å²) in [7, 11) is 0. The van der Waals surface area contributed by atoms with E-state index in [2.05, 4.69) is 114 Å². The molecule has 52 heavy (non-hydrogen) atoms. The van der Waals surface area contributed by atoms with Gasteiger partial charge in [-0.15, -0.1) is 0 Å². The number of fused-ring (bicyclic) bond motifs is 9. The third kappa shape index (κ3) is 4.39. The Bertz CT molecular complexity index is 3120. The number of hydrogen-bond donors (Lipinski definition) is 0. The van der Waals surface area contributed by atoms with Crippen LogP contribution in [0.4, 0.5) is 0 Å². The summed E-state index contributed by atoms with van der Waals surface area (Å²) in [6, 6.07) is 59.1. The van der Waals surface area contributed by atoms with Gasteiger partial charge in [0.1, 0.15) is 5.58 Å². The van der Waals surface area contributed by atoms with Gasteiger partial charge in [0, 0.05) is 43.6 Å². The largest absolute Gasteiger partial charge is 0.453 e. The van der Waals surface area contributed by atoms with Crippen LogP contribution in [0.25, 0.3) is 105 Å². The fourth-order valence-corrected chi connectivity index (χ4v) is 7.74. The number of hydrogen-bond acceptors (Lipinski definition) is 4. The van der Waals surface area contributed by atoms with Crippen LogP contribution >= 0.6 is 0 Å². The molecule has 11 rings (SSSR count). The molecule has 0 aliphatic carbocycles. The first-order valence-corrected chi connectivity index (χ1v) is 17.4. The molecule has 0 bridgehead atoms. The van der Waals surface area contributed by atoms with E-state index in [1.165, 1.54) is 21.5 Å². The molecular formula is C47H28N4O. The molecule has 242 valence electrons. The van der Waals surface area contributed by atoms with Gasteiger partial charge in [-0.1, -0.05) is 133 Å². The molecule has 5 nitrogen and oxygen atoms in total. The van der Waals surface area contributed by atoms with Gasteiger partial charge in [0.15, 0.2) is 23.1 Å². The summed E-state index contributed by atoms with van der Waals surface area (Å²) in [6.45, 7) is 0. The smallest absolute Gasteiger partial charge is 0.164 e. The summed E-state index contributed by atoms with van der Waals surface area (Å²) in [5.74, 6) is 1.84. The zero-order valence-electron chi connectivity index (χ0n) is 27.9. The summed E-state index contributed by atoms with van der Waals surface area (Å²) in [5.41, 5.74) is 7.54. The molecule has 0 aliphatic rings. The summed E-state index contributed by atoms with van der Waals surface area (Å²) in [4.78, 5) is 15.3. The lowest BCUT2D eigenvalue weighted by Crippen LogP contribution is -2.01. The second-order valence-corrected chi connectivity index (χ2v) is 13.2. The summed E-state index contributed by atoms with van der Waals surface area (Å²) in [6.07, 6.45) is 0. The summed E-state index contributed by atoms with van der Waals surface area (Å²) >= 11 is 0. The van der Waals surface area contributed by atoms with Crippen molar-refractivity contribution < 1.29 is 4.42 Å². The minimum Gasteiger partial charge on any atom is -0.453 e. The molecule has 5 heteroatoms. The fraction of sp³-hybridized carbons (Fsp3) is 0. The van der Waals surface area contributed by atoms with Gasteiger partial charge in [-0.2, -0.15) is 0 Å². The Kier molecular flexibility index (Phi) is 6.18. The zero-order chi connectivity index (χ0) is 34.2. The minimum atomic E-state index is 0.595. The second-order valence-electron chi connectivity index (χ2n) is 13.2. The Balaban J connectivity index is 1.28. The van der Waals surface area contributed by atoms with Crippen LogP contribution in [0.1, 0.15) is 0 Å². The lowest BCUT2D eigenvalue weighted by atomic mass is 10.0. The van der Waals surface area contributed by atoms with E-state index >= 15 is 0 Å². The Morgan fingerprint density at radius 2 is 0.923 bits per heavy atom. The van der Waals surface area contributed by atoms with Gasteiger partial charge in [-0.05, 0) is 52.6 Å². The molecule has 3 heterocycles. The average molecular weight is 665 g/mol. The predicted octanol–water partition coefficient (Wildman–Crippen LogP) is 12.2. The molecule has 0 saturated heterocycles. The molecule has 0 amide bonds. The number of benzene rings is 8. The van der Waals surface area contributed by atoms with Crippen molar-refractivity contribution in [2.45, 2.75) is 0 Å². The van der Waals surface area contributed by atoms with Gasteiger partial charge < -0.3 is 8.98 Å². The highest BCUT2D eigenvalue weighted by Crippen LogP contribution is 2.43. The molecule has 3 aromatic heterocycles. The minimum absolute atomic E-state index is 0.595. The van der Waals surface area contributed by atoms with E-state index in [1.807, 2.05) is 60.7 Å².